The molecule has 0 saturated carbocycles. The number of carbonyl (C=O) groups is 1. The van der Waals surface area contributed by atoms with Gasteiger partial charge in [-0.1, -0.05) is 12.1 Å². The van der Waals surface area contributed by atoms with Crippen LogP contribution in [0.15, 0.2) is 47.1 Å². The molecule has 1 aromatic heterocycles. The molecule has 0 aliphatic rings. The highest BCUT2D eigenvalue weighted by atomic mass is 19.1. The molecule has 2 aromatic rings. The largest absolute Gasteiger partial charge is 0.469 e. The Balaban J connectivity index is 2.15. The molecule has 15 heavy (non-hydrogen) atoms. The molecule has 1 aromatic carbocycles. The van der Waals surface area contributed by atoms with E-state index < -0.39 is 5.82 Å². The molecule has 0 aliphatic heterocycles. The van der Waals surface area contributed by atoms with E-state index in [1.807, 2.05) is 0 Å². The Labute approximate surface area is 86.3 Å². The third-order valence-electron chi connectivity index (χ3n) is 2.06. The molecule has 0 spiro atoms. The minimum Gasteiger partial charge on any atom is -0.469 e. The van der Waals surface area contributed by atoms with Gasteiger partial charge in [-0.15, -0.1) is 0 Å². The number of hydrogen-bond donors (Lipinski definition) is 0. The number of rotatable bonds is 3. The van der Waals surface area contributed by atoms with Gasteiger partial charge in [0.05, 0.1) is 12.7 Å². The third kappa shape index (κ3) is 2.31. The van der Waals surface area contributed by atoms with E-state index in [0.717, 1.165) is 0 Å². The van der Waals surface area contributed by atoms with Gasteiger partial charge in [0.2, 0.25) is 0 Å². The first-order chi connectivity index (χ1) is 7.25. The minimum atomic E-state index is -0.403. The topological polar surface area (TPSA) is 30.2 Å². The van der Waals surface area contributed by atoms with Crippen LogP contribution in [-0.2, 0) is 6.42 Å². The van der Waals surface area contributed by atoms with Crippen molar-refractivity contribution in [1.82, 2.24) is 0 Å². The SMILES string of the molecule is O=C(Cc1ccco1)c1cccc(F)c1. The molecule has 76 valence electrons. The quantitative estimate of drug-likeness (QED) is 0.719. The summed E-state index contributed by atoms with van der Waals surface area (Å²) in [5.74, 6) is 0.0361. The normalized spacial score (nSPS) is 10.2. The highest BCUT2D eigenvalue weighted by Gasteiger charge is 2.09. The summed E-state index contributed by atoms with van der Waals surface area (Å²) in [5, 5.41) is 0. The van der Waals surface area contributed by atoms with Gasteiger partial charge >= 0.3 is 0 Å². The van der Waals surface area contributed by atoms with Crippen LogP contribution < -0.4 is 0 Å². The Morgan fingerprint density at radius 2 is 2.13 bits per heavy atom. The Bertz CT molecular complexity index is 460. The molecule has 0 amide bonds. The van der Waals surface area contributed by atoms with Gasteiger partial charge in [-0.3, -0.25) is 4.79 Å². The van der Waals surface area contributed by atoms with Crippen LogP contribution in [0.3, 0.4) is 0 Å². The average Bonchev–Trinajstić information content (AvgIpc) is 2.70. The van der Waals surface area contributed by atoms with Crippen LogP contribution in [0.5, 0.6) is 0 Å². The van der Waals surface area contributed by atoms with Crippen molar-refractivity contribution in [2.45, 2.75) is 6.42 Å². The van der Waals surface area contributed by atoms with E-state index >= 15 is 0 Å². The number of hydrogen-bond acceptors (Lipinski definition) is 2. The second-order valence-electron chi connectivity index (χ2n) is 3.19. The predicted octanol–water partition coefficient (Wildman–Crippen LogP) is 2.84. The van der Waals surface area contributed by atoms with E-state index in [9.17, 15) is 9.18 Å². The Morgan fingerprint density at radius 1 is 1.27 bits per heavy atom. The van der Waals surface area contributed by atoms with Gasteiger partial charge in [0, 0.05) is 5.56 Å². The van der Waals surface area contributed by atoms with Crippen LogP contribution in [0.2, 0.25) is 0 Å². The van der Waals surface area contributed by atoms with Crippen molar-refractivity contribution in [3.63, 3.8) is 0 Å². The van der Waals surface area contributed by atoms with Crippen LogP contribution in [0.25, 0.3) is 0 Å². The summed E-state index contributed by atoms with van der Waals surface area (Å²) in [6, 6.07) is 9.08. The predicted molar refractivity (Wildman–Crippen MR) is 53.1 cm³/mol. The molecule has 0 bridgehead atoms. The second-order valence-corrected chi connectivity index (χ2v) is 3.19. The molecule has 0 aliphatic carbocycles. The van der Waals surface area contributed by atoms with Crippen LogP contribution in [0, 0.1) is 5.82 Å². The van der Waals surface area contributed by atoms with E-state index in [-0.39, 0.29) is 12.2 Å². The molecule has 3 heteroatoms. The number of carbonyl (C=O) groups excluding carboxylic acids is 1. The smallest absolute Gasteiger partial charge is 0.170 e. The summed E-state index contributed by atoms with van der Waals surface area (Å²) in [4.78, 5) is 11.6. The fourth-order valence-corrected chi connectivity index (χ4v) is 1.34. The molecule has 0 atom stereocenters. The van der Waals surface area contributed by atoms with Crippen molar-refractivity contribution in [2.75, 3.05) is 0 Å². The number of benzene rings is 1. The van der Waals surface area contributed by atoms with Crippen LogP contribution in [0.4, 0.5) is 4.39 Å². The maximum atomic E-state index is 12.8. The number of halogens is 1. The number of ketones is 1. The van der Waals surface area contributed by atoms with Crippen molar-refractivity contribution < 1.29 is 13.6 Å². The van der Waals surface area contributed by atoms with Gasteiger partial charge in [-0.2, -0.15) is 0 Å². The van der Waals surface area contributed by atoms with Crippen molar-refractivity contribution in [3.8, 4) is 0 Å². The number of Topliss-reactive ketones (excluding diaryl/α,β-unsaturated/α-hetero) is 1. The molecule has 0 N–H and O–H groups in total. The summed E-state index contributed by atoms with van der Waals surface area (Å²) in [5.41, 5.74) is 0.367. The fraction of sp³-hybridized carbons (Fsp3) is 0.0833. The van der Waals surface area contributed by atoms with E-state index in [2.05, 4.69) is 0 Å². The van der Waals surface area contributed by atoms with Gasteiger partial charge in [-0.05, 0) is 24.3 Å². The Morgan fingerprint density at radius 3 is 2.80 bits per heavy atom. The lowest BCUT2D eigenvalue weighted by atomic mass is 10.1. The van der Waals surface area contributed by atoms with Crippen molar-refractivity contribution in [3.05, 3.63) is 59.8 Å². The van der Waals surface area contributed by atoms with Crippen LogP contribution in [0.1, 0.15) is 16.1 Å². The van der Waals surface area contributed by atoms with Crippen molar-refractivity contribution >= 4 is 5.78 Å². The molecule has 0 radical (unpaired) electrons. The second kappa shape index (κ2) is 4.09. The molecular formula is C12H9FO2. The van der Waals surface area contributed by atoms with Crippen LogP contribution >= 0.6 is 0 Å². The average molecular weight is 204 g/mol. The molecule has 0 saturated heterocycles. The minimum absolute atomic E-state index is 0.149. The summed E-state index contributed by atoms with van der Waals surface area (Å²) in [7, 11) is 0. The fourth-order valence-electron chi connectivity index (χ4n) is 1.34. The highest BCUT2D eigenvalue weighted by Crippen LogP contribution is 2.09. The molecule has 1 heterocycles. The monoisotopic (exact) mass is 204 g/mol. The summed E-state index contributed by atoms with van der Waals surface area (Å²) < 4.78 is 17.9. The maximum absolute atomic E-state index is 12.8. The van der Waals surface area contributed by atoms with Gasteiger partial charge in [0.25, 0.3) is 0 Å². The molecule has 0 fully saturated rings. The van der Waals surface area contributed by atoms with Gasteiger partial charge < -0.3 is 4.42 Å². The van der Waals surface area contributed by atoms with Crippen molar-refractivity contribution in [1.29, 1.82) is 0 Å². The van der Waals surface area contributed by atoms with E-state index in [4.69, 9.17) is 4.42 Å². The van der Waals surface area contributed by atoms with Gasteiger partial charge in [0.15, 0.2) is 5.78 Å². The third-order valence-corrected chi connectivity index (χ3v) is 2.06. The van der Waals surface area contributed by atoms with Gasteiger partial charge in [-0.25, -0.2) is 4.39 Å². The summed E-state index contributed by atoms with van der Waals surface area (Å²) in [6.07, 6.45) is 1.67. The summed E-state index contributed by atoms with van der Waals surface area (Å²) in [6.45, 7) is 0. The lowest BCUT2D eigenvalue weighted by Gasteiger charge is -1.98. The molecular weight excluding hydrogens is 195 g/mol. The number of furan rings is 1. The highest BCUT2D eigenvalue weighted by molar-refractivity contribution is 5.97. The van der Waals surface area contributed by atoms with E-state index in [0.29, 0.717) is 11.3 Å². The van der Waals surface area contributed by atoms with E-state index in [1.165, 1.54) is 24.5 Å². The van der Waals surface area contributed by atoms with E-state index in [1.54, 1.807) is 18.2 Å². The maximum Gasteiger partial charge on any atom is 0.170 e. The first-order valence-corrected chi connectivity index (χ1v) is 4.57. The first kappa shape index (κ1) is 9.65. The zero-order chi connectivity index (χ0) is 10.7. The lowest BCUT2D eigenvalue weighted by molar-refractivity contribution is 0.0986. The molecule has 2 rings (SSSR count). The molecule has 0 unspecified atom stereocenters. The zero-order valence-corrected chi connectivity index (χ0v) is 7.94. The lowest BCUT2D eigenvalue weighted by Crippen LogP contribution is -2.02. The molecule has 2 nitrogen and oxygen atoms in total. The standard InChI is InChI=1S/C12H9FO2/c13-10-4-1-3-9(7-10)12(14)8-11-5-2-6-15-11/h1-7H,8H2. The zero-order valence-electron chi connectivity index (χ0n) is 7.94. The first-order valence-electron chi connectivity index (χ1n) is 4.57. The van der Waals surface area contributed by atoms with Crippen LogP contribution in [-0.4, -0.2) is 5.78 Å². The van der Waals surface area contributed by atoms with Crippen molar-refractivity contribution in [2.24, 2.45) is 0 Å². The Kier molecular flexibility index (Phi) is 2.63. The Hall–Kier alpha value is -1.90. The van der Waals surface area contributed by atoms with Gasteiger partial charge in [0.1, 0.15) is 11.6 Å². The summed E-state index contributed by atoms with van der Waals surface area (Å²) >= 11 is 0.